The lowest BCUT2D eigenvalue weighted by Crippen LogP contribution is -2.27. The topological polar surface area (TPSA) is 71.5 Å². The summed E-state index contributed by atoms with van der Waals surface area (Å²) in [4.78, 5) is 30.6. The first-order chi connectivity index (χ1) is 13.0. The minimum absolute atomic E-state index is 0.239. The molecule has 0 saturated carbocycles. The van der Waals surface area contributed by atoms with Crippen molar-refractivity contribution < 1.29 is 14.3 Å². The molecule has 1 amide bonds. The molecule has 2 heterocycles. The van der Waals surface area contributed by atoms with Crippen LogP contribution in [0, 0.1) is 13.8 Å². The van der Waals surface area contributed by atoms with E-state index < -0.39 is 0 Å². The molecule has 1 aromatic carbocycles. The average molecular weight is 369 g/mol. The Hall–Kier alpha value is -2.63. The molecule has 144 valence electrons. The van der Waals surface area contributed by atoms with Gasteiger partial charge in [0, 0.05) is 37.6 Å². The number of hydrogen-bond acceptors (Lipinski definition) is 5. The van der Waals surface area contributed by atoms with Crippen LogP contribution in [0.4, 0.5) is 5.69 Å². The number of benzene rings is 1. The second-order valence-corrected chi connectivity index (χ2v) is 7.01. The van der Waals surface area contributed by atoms with Crippen molar-refractivity contribution in [3.63, 3.8) is 0 Å². The Morgan fingerprint density at radius 2 is 2.15 bits per heavy atom. The Morgan fingerprint density at radius 1 is 1.33 bits per heavy atom. The molecule has 1 aromatic heterocycles. The van der Waals surface area contributed by atoms with Gasteiger partial charge in [-0.3, -0.25) is 9.78 Å². The van der Waals surface area contributed by atoms with Crippen LogP contribution in [0.15, 0.2) is 18.3 Å². The highest BCUT2D eigenvalue weighted by Crippen LogP contribution is 2.29. The van der Waals surface area contributed by atoms with E-state index in [-0.39, 0.29) is 11.9 Å². The summed E-state index contributed by atoms with van der Waals surface area (Å²) in [5.74, 6) is -0.133. The third-order valence-electron chi connectivity index (χ3n) is 4.88. The fourth-order valence-electron chi connectivity index (χ4n) is 3.64. The number of likely N-dealkylation sites (tertiary alicyclic amines) is 1. The molecular formula is C21H27N3O3. The summed E-state index contributed by atoms with van der Waals surface area (Å²) in [7, 11) is 0. The molecule has 1 N–H and O–H groups in total. The van der Waals surface area contributed by atoms with Gasteiger partial charge in [0.1, 0.15) is 5.56 Å². The smallest absolute Gasteiger partial charge is 0.341 e. The van der Waals surface area contributed by atoms with Crippen LogP contribution in [0.5, 0.6) is 0 Å². The first kappa shape index (κ1) is 19.1. The zero-order chi connectivity index (χ0) is 19.4. The first-order valence-corrected chi connectivity index (χ1v) is 9.60. The van der Waals surface area contributed by atoms with Gasteiger partial charge in [-0.2, -0.15) is 0 Å². The van der Waals surface area contributed by atoms with Crippen molar-refractivity contribution in [2.24, 2.45) is 0 Å². The van der Waals surface area contributed by atoms with Gasteiger partial charge in [0.05, 0.1) is 17.8 Å². The number of amides is 1. The van der Waals surface area contributed by atoms with Crippen molar-refractivity contribution >= 4 is 28.5 Å². The lowest BCUT2D eigenvalue weighted by molar-refractivity contribution is -0.127. The third-order valence-corrected chi connectivity index (χ3v) is 4.88. The maximum absolute atomic E-state index is 12.4. The monoisotopic (exact) mass is 369 g/mol. The van der Waals surface area contributed by atoms with Crippen molar-refractivity contribution in [3.05, 3.63) is 35.0 Å². The molecule has 27 heavy (non-hydrogen) atoms. The number of carbonyl (C=O) groups excluding carboxylic acids is 2. The van der Waals surface area contributed by atoms with Crippen molar-refractivity contribution in [1.29, 1.82) is 0 Å². The molecule has 1 saturated heterocycles. The number of pyridine rings is 1. The number of nitrogens with zero attached hydrogens (tertiary/aromatic N) is 2. The number of hydrogen-bond donors (Lipinski definition) is 1. The quantitative estimate of drug-likeness (QED) is 0.598. The Kier molecular flexibility index (Phi) is 5.94. The number of ether oxygens (including phenoxy) is 1. The lowest BCUT2D eigenvalue weighted by atomic mass is 10.0. The normalized spacial score (nSPS) is 14.0. The molecule has 0 aliphatic carbocycles. The number of esters is 1. The van der Waals surface area contributed by atoms with Crippen LogP contribution in [0.3, 0.4) is 0 Å². The molecule has 0 atom stereocenters. The molecule has 0 unspecified atom stereocenters. The third kappa shape index (κ3) is 4.21. The Labute approximate surface area is 159 Å². The largest absolute Gasteiger partial charge is 0.462 e. The van der Waals surface area contributed by atoms with Gasteiger partial charge in [-0.25, -0.2) is 4.79 Å². The van der Waals surface area contributed by atoms with Gasteiger partial charge in [0.25, 0.3) is 0 Å². The van der Waals surface area contributed by atoms with E-state index in [1.807, 2.05) is 24.8 Å². The summed E-state index contributed by atoms with van der Waals surface area (Å²) in [6.45, 7) is 8.43. The minimum Gasteiger partial charge on any atom is -0.462 e. The van der Waals surface area contributed by atoms with Crippen molar-refractivity contribution in [1.82, 2.24) is 9.88 Å². The molecule has 0 bridgehead atoms. The standard InChI is InChI=1S/C21H27N3O3/c1-4-27-21(26)17-13-23-19-15(3)11-14(2)12-16(19)20(17)22-8-6-10-24-9-5-7-18(24)25/h11-13H,4-10H2,1-3H3,(H,22,23). The predicted molar refractivity (Wildman–Crippen MR) is 106 cm³/mol. The van der Waals surface area contributed by atoms with Crippen LogP contribution in [-0.4, -0.2) is 48.0 Å². The zero-order valence-corrected chi connectivity index (χ0v) is 16.3. The maximum Gasteiger partial charge on any atom is 0.341 e. The lowest BCUT2D eigenvalue weighted by Gasteiger charge is -2.18. The molecular weight excluding hydrogens is 342 g/mol. The van der Waals surface area contributed by atoms with E-state index in [2.05, 4.69) is 16.4 Å². The molecule has 0 spiro atoms. The molecule has 6 heteroatoms. The van der Waals surface area contributed by atoms with E-state index in [0.717, 1.165) is 53.6 Å². The van der Waals surface area contributed by atoms with Gasteiger partial charge in [-0.05, 0) is 45.2 Å². The molecule has 1 fully saturated rings. The number of rotatable bonds is 7. The van der Waals surface area contributed by atoms with Crippen molar-refractivity contribution in [2.45, 2.75) is 40.0 Å². The van der Waals surface area contributed by atoms with Crippen LogP contribution in [0.25, 0.3) is 10.9 Å². The van der Waals surface area contributed by atoms with Crippen LogP contribution in [0.1, 0.15) is 47.7 Å². The van der Waals surface area contributed by atoms with Gasteiger partial charge >= 0.3 is 5.97 Å². The number of nitrogens with one attached hydrogen (secondary N) is 1. The van der Waals surface area contributed by atoms with Gasteiger partial charge in [0.15, 0.2) is 0 Å². The fraction of sp³-hybridized carbons (Fsp3) is 0.476. The zero-order valence-electron chi connectivity index (χ0n) is 16.3. The van der Waals surface area contributed by atoms with Crippen molar-refractivity contribution in [3.8, 4) is 0 Å². The van der Waals surface area contributed by atoms with Gasteiger partial charge in [0.2, 0.25) is 5.91 Å². The Morgan fingerprint density at radius 3 is 2.85 bits per heavy atom. The summed E-state index contributed by atoms with van der Waals surface area (Å²) in [5.41, 5.74) is 4.29. The molecule has 0 radical (unpaired) electrons. The summed E-state index contributed by atoms with van der Waals surface area (Å²) >= 11 is 0. The van der Waals surface area contributed by atoms with E-state index in [1.165, 1.54) is 0 Å². The number of fused-ring (bicyclic) bond motifs is 1. The fourth-order valence-corrected chi connectivity index (χ4v) is 3.64. The summed E-state index contributed by atoms with van der Waals surface area (Å²) in [6.07, 6.45) is 4.03. The van der Waals surface area contributed by atoms with Gasteiger partial charge < -0.3 is 15.0 Å². The van der Waals surface area contributed by atoms with Crippen LogP contribution < -0.4 is 5.32 Å². The first-order valence-electron chi connectivity index (χ1n) is 9.60. The Bertz CT molecular complexity index is 863. The molecule has 3 rings (SSSR count). The summed E-state index contributed by atoms with van der Waals surface area (Å²) in [5, 5.41) is 4.34. The van der Waals surface area contributed by atoms with E-state index in [9.17, 15) is 9.59 Å². The highest BCUT2D eigenvalue weighted by atomic mass is 16.5. The molecule has 2 aromatic rings. The van der Waals surface area contributed by atoms with E-state index in [1.54, 1.807) is 13.1 Å². The van der Waals surface area contributed by atoms with Crippen molar-refractivity contribution in [2.75, 3.05) is 31.6 Å². The van der Waals surface area contributed by atoms with E-state index >= 15 is 0 Å². The number of carbonyl (C=O) groups is 2. The minimum atomic E-state index is -0.372. The van der Waals surface area contributed by atoms with Crippen LogP contribution in [0.2, 0.25) is 0 Å². The van der Waals surface area contributed by atoms with E-state index in [4.69, 9.17) is 4.74 Å². The number of aromatic nitrogens is 1. The number of aryl methyl sites for hydroxylation is 2. The molecule has 6 nitrogen and oxygen atoms in total. The molecule has 1 aliphatic rings. The van der Waals surface area contributed by atoms with E-state index in [0.29, 0.717) is 25.1 Å². The predicted octanol–water partition coefficient (Wildman–Crippen LogP) is 3.45. The van der Waals surface area contributed by atoms with Gasteiger partial charge in [-0.15, -0.1) is 0 Å². The van der Waals surface area contributed by atoms with Crippen LogP contribution in [-0.2, 0) is 9.53 Å². The average Bonchev–Trinajstić information content (AvgIpc) is 3.03. The van der Waals surface area contributed by atoms with Gasteiger partial charge in [-0.1, -0.05) is 11.6 Å². The number of anilines is 1. The second kappa shape index (κ2) is 8.37. The maximum atomic E-state index is 12.4. The summed E-state index contributed by atoms with van der Waals surface area (Å²) < 4.78 is 5.21. The second-order valence-electron chi connectivity index (χ2n) is 7.01. The molecule has 1 aliphatic heterocycles. The highest BCUT2D eigenvalue weighted by Gasteiger charge is 2.20. The SMILES string of the molecule is CCOC(=O)c1cnc2c(C)cc(C)cc2c1NCCCN1CCCC1=O. The van der Waals surface area contributed by atoms with Crippen LogP contribution >= 0.6 is 0 Å². The Balaban J connectivity index is 1.84. The summed E-state index contributed by atoms with van der Waals surface area (Å²) in [6, 6.07) is 4.13. The highest BCUT2D eigenvalue weighted by molar-refractivity contribution is 6.05.